The van der Waals surface area contributed by atoms with Crippen molar-refractivity contribution in [3.8, 4) is 0 Å². The molecule has 19 heavy (non-hydrogen) atoms. The quantitative estimate of drug-likeness (QED) is 0.815. The second kappa shape index (κ2) is 5.54. The molecule has 0 aliphatic carbocycles. The zero-order valence-corrected chi connectivity index (χ0v) is 11.4. The van der Waals surface area contributed by atoms with Crippen LogP contribution in [-0.4, -0.2) is 40.0 Å². The van der Waals surface area contributed by atoms with E-state index in [4.69, 9.17) is 0 Å². The first kappa shape index (κ1) is 13.8. The van der Waals surface area contributed by atoms with E-state index >= 15 is 0 Å². The van der Waals surface area contributed by atoms with Gasteiger partial charge in [-0.1, -0.05) is 0 Å². The fourth-order valence-corrected chi connectivity index (χ4v) is 2.29. The van der Waals surface area contributed by atoms with E-state index in [9.17, 15) is 4.79 Å². The number of pyridine rings is 1. The van der Waals surface area contributed by atoms with Crippen LogP contribution >= 0.6 is 12.4 Å². The lowest BCUT2D eigenvalue weighted by Crippen LogP contribution is -2.49. The summed E-state index contributed by atoms with van der Waals surface area (Å²) in [7, 11) is 0. The van der Waals surface area contributed by atoms with Crippen molar-refractivity contribution < 1.29 is 0 Å². The molecule has 0 bridgehead atoms. The first-order valence-corrected chi connectivity index (χ1v) is 6.06. The highest BCUT2D eigenvalue weighted by molar-refractivity contribution is 5.85. The van der Waals surface area contributed by atoms with Crippen molar-refractivity contribution in [3.05, 3.63) is 35.1 Å². The lowest BCUT2D eigenvalue weighted by atomic mass is 10.2. The van der Waals surface area contributed by atoms with Crippen LogP contribution in [0.2, 0.25) is 0 Å². The normalized spacial score (nSPS) is 19.2. The number of aromatic nitrogens is 3. The van der Waals surface area contributed by atoms with Crippen molar-refractivity contribution in [3.63, 3.8) is 0 Å². The SMILES string of the molecule is CC1CN(c2ccc3ncnc(=O)n3c2)CCN1.Cl. The number of piperazine rings is 1. The Morgan fingerprint density at radius 2 is 2.21 bits per heavy atom. The molecule has 0 saturated carbocycles. The Kier molecular flexibility index (Phi) is 4.01. The molecule has 1 N–H and O–H groups in total. The standard InChI is InChI=1S/C12H15N5O.ClH/c1-9-6-16(5-4-13-9)10-2-3-11-14-8-15-12(18)17(11)7-10;/h2-3,7-9,13H,4-6H2,1H3;1H. The summed E-state index contributed by atoms with van der Waals surface area (Å²) in [6.45, 7) is 4.99. The minimum atomic E-state index is -0.287. The van der Waals surface area contributed by atoms with Gasteiger partial charge in [0.05, 0.1) is 5.69 Å². The molecular formula is C12H16ClN5O. The summed E-state index contributed by atoms with van der Waals surface area (Å²) in [5.74, 6) is 0. The van der Waals surface area contributed by atoms with Crippen LogP contribution in [0.3, 0.4) is 0 Å². The molecule has 0 aromatic carbocycles. The maximum atomic E-state index is 11.7. The summed E-state index contributed by atoms with van der Waals surface area (Å²) >= 11 is 0. The molecule has 0 amide bonds. The van der Waals surface area contributed by atoms with E-state index in [1.807, 2.05) is 18.3 Å². The molecule has 1 aliphatic rings. The van der Waals surface area contributed by atoms with E-state index in [1.54, 1.807) is 0 Å². The van der Waals surface area contributed by atoms with E-state index in [0.717, 1.165) is 25.3 Å². The van der Waals surface area contributed by atoms with Gasteiger partial charge in [0.15, 0.2) is 0 Å². The molecule has 1 aliphatic heterocycles. The van der Waals surface area contributed by atoms with Gasteiger partial charge in [0.1, 0.15) is 12.0 Å². The maximum Gasteiger partial charge on any atom is 0.354 e. The lowest BCUT2D eigenvalue weighted by Gasteiger charge is -2.33. The number of rotatable bonds is 1. The van der Waals surface area contributed by atoms with Gasteiger partial charge in [0.25, 0.3) is 0 Å². The fraction of sp³-hybridized carbons (Fsp3) is 0.417. The number of halogens is 1. The minimum Gasteiger partial charge on any atom is -0.368 e. The predicted octanol–water partition coefficient (Wildman–Crippen LogP) is 0.309. The van der Waals surface area contributed by atoms with Crippen LogP contribution in [0.5, 0.6) is 0 Å². The zero-order chi connectivity index (χ0) is 12.5. The van der Waals surface area contributed by atoms with Gasteiger partial charge in [0.2, 0.25) is 0 Å². The monoisotopic (exact) mass is 281 g/mol. The van der Waals surface area contributed by atoms with Crippen LogP contribution in [0, 0.1) is 0 Å². The molecule has 7 heteroatoms. The Morgan fingerprint density at radius 3 is 3.00 bits per heavy atom. The molecule has 1 unspecified atom stereocenters. The van der Waals surface area contributed by atoms with E-state index in [0.29, 0.717) is 11.7 Å². The molecule has 2 aromatic heterocycles. The molecule has 3 rings (SSSR count). The Hall–Kier alpha value is -1.66. The lowest BCUT2D eigenvalue weighted by molar-refractivity contribution is 0.484. The van der Waals surface area contributed by atoms with Crippen molar-refractivity contribution in [1.82, 2.24) is 19.7 Å². The van der Waals surface area contributed by atoms with Gasteiger partial charge in [-0.15, -0.1) is 12.4 Å². The number of hydrogen-bond donors (Lipinski definition) is 1. The van der Waals surface area contributed by atoms with Crippen LogP contribution in [0.15, 0.2) is 29.5 Å². The van der Waals surface area contributed by atoms with Crippen molar-refractivity contribution in [2.75, 3.05) is 24.5 Å². The highest BCUT2D eigenvalue weighted by Crippen LogP contribution is 2.15. The first-order chi connectivity index (χ1) is 8.74. The summed E-state index contributed by atoms with van der Waals surface area (Å²) in [6, 6.07) is 4.31. The molecule has 0 radical (unpaired) electrons. The van der Waals surface area contributed by atoms with Crippen LogP contribution in [-0.2, 0) is 0 Å². The molecule has 0 spiro atoms. The summed E-state index contributed by atoms with van der Waals surface area (Å²) in [6.07, 6.45) is 3.11. The summed E-state index contributed by atoms with van der Waals surface area (Å²) < 4.78 is 1.49. The van der Waals surface area contributed by atoms with Crippen LogP contribution in [0.4, 0.5) is 5.69 Å². The zero-order valence-electron chi connectivity index (χ0n) is 10.6. The third kappa shape index (κ3) is 2.69. The number of anilines is 1. The van der Waals surface area contributed by atoms with Crippen LogP contribution in [0.1, 0.15) is 6.92 Å². The Morgan fingerprint density at radius 1 is 1.37 bits per heavy atom. The molecule has 1 fully saturated rings. The largest absolute Gasteiger partial charge is 0.368 e. The molecule has 3 heterocycles. The van der Waals surface area contributed by atoms with Gasteiger partial charge >= 0.3 is 5.69 Å². The highest BCUT2D eigenvalue weighted by atomic mass is 35.5. The van der Waals surface area contributed by atoms with E-state index in [1.165, 1.54) is 10.7 Å². The number of fused-ring (bicyclic) bond motifs is 1. The van der Waals surface area contributed by atoms with Gasteiger partial charge in [-0.05, 0) is 19.1 Å². The van der Waals surface area contributed by atoms with Gasteiger partial charge in [-0.25, -0.2) is 14.2 Å². The molecular weight excluding hydrogens is 266 g/mol. The van der Waals surface area contributed by atoms with Gasteiger partial charge in [-0.3, -0.25) is 0 Å². The van der Waals surface area contributed by atoms with Gasteiger partial charge < -0.3 is 10.2 Å². The Bertz CT molecular complexity index is 629. The first-order valence-electron chi connectivity index (χ1n) is 6.06. The van der Waals surface area contributed by atoms with Crippen LogP contribution in [0.25, 0.3) is 5.65 Å². The molecule has 2 aromatic rings. The molecule has 6 nitrogen and oxygen atoms in total. The van der Waals surface area contributed by atoms with Crippen molar-refractivity contribution in [1.29, 1.82) is 0 Å². The number of nitrogens with zero attached hydrogens (tertiary/aromatic N) is 4. The minimum absolute atomic E-state index is 0. The summed E-state index contributed by atoms with van der Waals surface area (Å²) in [5, 5.41) is 3.40. The van der Waals surface area contributed by atoms with Crippen molar-refractivity contribution >= 4 is 23.7 Å². The average Bonchev–Trinajstić information content (AvgIpc) is 2.39. The van der Waals surface area contributed by atoms with Crippen molar-refractivity contribution in [2.45, 2.75) is 13.0 Å². The smallest absolute Gasteiger partial charge is 0.354 e. The van der Waals surface area contributed by atoms with E-state index in [-0.39, 0.29) is 18.1 Å². The summed E-state index contributed by atoms with van der Waals surface area (Å²) in [4.78, 5) is 21.7. The topological polar surface area (TPSA) is 62.5 Å². The van der Waals surface area contributed by atoms with E-state index in [2.05, 4.69) is 27.1 Å². The van der Waals surface area contributed by atoms with Gasteiger partial charge in [0, 0.05) is 31.9 Å². The Balaban J connectivity index is 0.00000133. The Labute approximate surface area is 116 Å². The number of nitrogens with one attached hydrogen (secondary N) is 1. The van der Waals surface area contributed by atoms with E-state index < -0.39 is 0 Å². The second-order valence-electron chi connectivity index (χ2n) is 4.57. The van der Waals surface area contributed by atoms with Crippen LogP contribution < -0.4 is 15.9 Å². The second-order valence-corrected chi connectivity index (χ2v) is 4.57. The molecule has 1 atom stereocenters. The highest BCUT2D eigenvalue weighted by Gasteiger charge is 2.16. The third-order valence-corrected chi connectivity index (χ3v) is 3.21. The fourth-order valence-electron chi connectivity index (χ4n) is 2.29. The summed E-state index contributed by atoms with van der Waals surface area (Å²) in [5.41, 5.74) is 1.37. The predicted molar refractivity (Wildman–Crippen MR) is 76.2 cm³/mol. The number of hydrogen-bond acceptors (Lipinski definition) is 5. The third-order valence-electron chi connectivity index (χ3n) is 3.21. The maximum absolute atomic E-state index is 11.7. The van der Waals surface area contributed by atoms with Crippen molar-refractivity contribution in [2.24, 2.45) is 0 Å². The average molecular weight is 282 g/mol. The molecule has 102 valence electrons. The van der Waals surface area contributed by atoms with Gasteiger partial charge in [-0.2, -0.15) is 4.98 Å². The molecule has 1 saturated heterocycles.